The van der Waals surface area contributed by atoms with Gasteiger partial charge in [0.15, 0.2) is 5.82 Å². The van der Waals surface area contributed by atoms with Gasteiger partial charge in [-0.2, -0.15) is 0 Å². The Kier molecular flexibility index (Phi) is 3.37. The molecule has 4 heteroatoms. The van der Waals surface area contributed by atoms with Crippen LogP contribution in [0.2, 0.25) is 5.02 Å². The van der Waals surface area contributed by atoms with Gasteiger partial charge in [-0.25, -0.2) is 4.39 Å². The van der Waals surface area contributed by atoms with Crippen LogP contribution in [0, 0.1) is 5.82 Å². The smallest absolute Gasteiger partial charge is 0.164 e. The zero-order valence-electron chi connectivity index (χ0n) is 8.45. The molecule has 0 saturated carbocycles. The number of hydrogen-bond acceptors (Lipinski definition) is 2. The molecule has 1 aromatic carbocycles. The van der Waals surface area contributed by atoms with Crippen molar-refractivity contribution in [2.45, 2.75) is 6.54 Å². The Balaban J connectivity index is 2.08. The van der Waals surface area contributed by atoms with Gasteiger partial charge in [0.2, 0.25) is 0 Å². The number of nitrogens with one attached hydrogen (secondary N) is 1. The van der Waals surface area contributed by atoms with Crippen LogP contribution in [0.15, 0.2) is 42.7 Å². The van der Waals surface area contributed by atoms with E-state index in [-0.39, 0.29) is 5.02 Å². The van der Waals surface area contributed by atoms with Crippen molar-refractivity contribution in [2.24, 2.45) is 0 Å². The minimum atomic E-state index is -0.418. The summed E-state index contributed by atoms with van der Waals surface area (Å²) in [5, 5.41) is 3.11. The van der Waals surface area contributed by atoms with E-state index in [1.807, 2.05) is 12.1 Å². The molecule has 0 atom stereocenters. The first kappa shape index (κ1) is 10.9. The molecule has 2 nitrogen and oxygen atoms in total. The second-order valence-corrected chi connectivity index (χ2v) is 3.72. The fraction of sp³-hybridized carbons (Fsp3) is 0.0833. The molecule has 0 aliphatic rings. The first-order chi connectivity index (χ1) is 7.77. The van der Waals surface area contributed by atoms with Gasteiger partial charge < -0.3 is 5.32 Å². The highest BCUT2D eigenvalue weighted by atomic mass is 35.5. The first-order valence-corrected chi connectivity index (χ1v) is 5.22. The zero-order chi connectivity index (χ0) is 11.4. The summed E-state index contributed by atoms with van der Waals surface area (Å²) in [7, 11) is 0. The van der Waals surface area contributed by atoms with E-state index >= 15 is 0 Å². The Morgan fingerprint density at radius 2 is 1.94 bits per heavy atom. The second-order valence-electron chi connectivity index (χ2n) is 3.31. The lowest BCUT2D eigenvalue weighted by Crippen LogP contribution is -2.01. The van der Waals surface area contributed by atoms with E-state index in [0.717, 1.165) is 5.56 Å². The maximum atomic E-state index is 13.5. The van der Waals surface area contributed by atoms with Gasteiger partial charge >= 0.3 is 0 Å². The van der Waals surface area contributed by atoms with Crippen molar-refractivity contribution in [1.29, 1.82) is 0 Å². The summed E-state index contributed by atoms with van der Waals surface area (Å²) in [5.41, 5.74) is 1.44. The lowest BCUT2D eigenvalue weighted by molar-refractivity contribution is 0.630. The SMILES string of the molecule is Fc1c(Cl)cccc1NCc1ccncc1. The molecule has 1 heterocycles. The number of hydrogen-bond donors (Lipinski definition) is 1. The van der Waals surface area contributed by atoms with E-state index < -0.39 is 5.82 Å². The molecule has 1 aromatic heterocycles. The van der Waals surface area contributed by atoms with Crippen LogP contribution in [-0.4, -0.2) is 4.98 Å². The van der Waals surface area contributed by atoms with Crippen LogP contribution in [0.5, 0.6) is 0 Å². The summed E-state index contributed by atoms with van der Waals surface area (Å²) in [6.07, 6.45) is 3.40. The Hall–Kier alpha value is -1.61. The normalized spacial score (nSPS) is 10.1. The molecule has 0 amide bonds. The molecular formula is C12H10ClFN2. The van der Waals surface area contributed by atoms with Gasteiger partial charge in [-0.05, 0) is 29.8 Å². The van der Waals surface area contributed by atoms with Gasteiger partial charge in [-0.15, -0.1) is 0 Å². The number of aromatic nitrogens is 1. The van der Waals surface area contributed by atoms with Crippen molar-refractivity contribution in [3.63, 3.8) is 0 Å². The van der Waals surface area contributed by atoms with Crippen molar-refractivity contribution in [1.82, 2.24) is 4.98 Å². The van der Waals surface area contributed by atoms with Crippen LogP contribution >= 0.6 is 11.6 Å². The topological polar surface area (TPSA) is 24.9 Å². The van der Waals surface area contributed by atoms with Crippen LogP contribution in [0.25, 0.3) is 0 Å². The molecule has 0 aliphatic carbocycles. The third-order valence-corrected chi connectivity index (χ3v) is 2.48. The van der Waals surface area contributed by atoms with Gasteiger partial charge in [0.25, 0.3) is 0 Å². The lowest BCUT2D eigenvalue weighted by Gasteiger charge is -2.07. The number of benzene rings is 1. The van der Waals surface area contributed by atoms with Gasteiger partial charge in [-0.1, -0.05) is 17.7 Å². The van der Waals surface area contributed by atoms with E-state index in [0.29, 0.717) is 12.2 Å². The third kappa shape index (κ3) is 2.49. The van der Waals surface area contributed by atoms with E-state index in [1.165, 1.54) is 6.07 Å². The van der Waals surface area contributed by atoms with Gasteiger partial charge in [0.1, 0.15) is 0 Å². The molecule has 0 unspecified atom stereocenters. The zero-order valence-corrected chi connectivity index (χ0v) is 9.21. The number of halogens is 2. The molecule has 0 saturated heterocycles. The molecule has 0 aliphatic heterocycles. The fourth-order valence-electron chi connectivity index (χ4n) is 1.34. The van der Waals surface area contributed by atoms with Gasteiger partial charge in [0, 0.05) is 18.9 Å². The quantitative estimate of drug-likeness (QED) is 0.883. The lowest BCUT2D eigenvalue weighted by atomic mass is 10.2. The highest BCUT2D eigenvalue weighted by Crippen LogP contribution is 2.22. The summed E-state index contributed by atoms with van der Waals surface area (Å²) in [5.74, 6) is -0.418. The highest BCUT2D eigenvalue weighted by Gasteiger charge is 2.04. The van der Waals surface area contributed by atoms with Crippen molar-refractivity contribution in [3.8, 4) is 0 Å². The average Bonchev–Trinajstić information content (AvgIpc) is 2.32. The third-order valence-electron chi connectivity index (χ3n) is 2.18. The van der Waals surface area contributed by atoms with Crippen LogP contribution in [0.1, 0.15) is 5.56 Å². The number of pyridine rings is 1. The first-order valence-electron chi connectivity index (χ1n) is 4.84. The maximum absolute atomic E-state index is 13.5. The van der Waals surface area contributed by atoms with Crippen LogP contribution in [0.3, 0.4) is 0 Å². The summed E-state index contributed by atoms with van der Waals surface area (Å²) in [6.45, 7) is 0.541. The molecular weight excluding hydrogens is 227 g/mol. The summed E-state index contributed by atoms with van der Waals surface area (Å²) in [6, 6.07) is 8.63. The molecule has 2 rings (SSSR count). The van der Waals surface area contributed by atoms with Gasteiger partial charge in [0.05, 0.1) is 10.7 Å². The van der Waals surface area contributed by atoms with E-state index in [2.05, 4.69) is 10.3 Å². The summed E-state index contributed by atoms with van der Waals surface area (Å²) in [4.78, 5) is 3.91. The van der Waals surface area contributed by atoms with Gasteiger partial charge in [-0.3, -0.25) is 4.98 Å². The van der Waals surface area contributed by atoms with Crippen LogP contribution in [-0.2, 0) is 6.54 Å². The van der Waals surface area contributed by atoms with Crippen molar-refractivity contribution < 1.29 is 4.39 Å². The number of anilines is 1. The van der Waals surface area contributed by atoms with E-state index in [4.69, 9.17) is 11.6 Å². The predicted octanol–water partition coefficient (Wildman–Crippen LogP) is 3.49. The van der Waals surface area contributed by atoms with E-state index in [9.17, 15) is 4.39 Å². The molecule has 0 bridgehead atoms. The minimum absolute atomic E-state index is 0.125. The Bertz CT molecular complexity index is 474. The van der Waals surface area contributed by atoms with Crippen LogP contribution in [0.4, 0.5) is 10.1 Å². The summed E-state index contributed by atoms with van der Waals surface area (Å²) >= 11 is 5.67. The number of nitrogens with zero attached hydrogens (tertiary/aromatic N) is 1. The Morgan fingerprint density at radius 3 is 2.69 bits per heavy atom. The van der Waals surface area contributed by atoms with E-state index in [1.54, 1.807) is 24.5 Å². The predicted molar refractivity (Wildman–Crippen MR) is 63.0 cm³/mol. The standard InChI is InChI=1S/C12H10ClFN2/c13-10-2-1-3-11(12(10)14)16-8-9-4-6-15-7-5-9/h1-7,16H,8H2. The van der Waals surface area contributed by atoms with Crippen molar-refractivity contribution in [3.05, 3.63) is 59.1 Å². The molecule has 16 heavy (non-hydrogen) atoms. The van der Waals surface area contributed by atoms with Crippen molar-refractivity contribution >= 4 is 17.3 Å². The summed E-state index contributed by atoms with van der Waals surface area (Å²) < 4.78 is 13.5. The maximum Gasteiger partial charge on any atom is 0.164 e. The average molecular weight is 237 g/mol. The largest absolute Gasteiger partial charge is 0.379 e. The monoisotopic (exact) mass is 236 g/mol. The molecule has 0 radical (unpaired) electrons. The van der Waals surface area contributed by atoms with Crippen molar-refractivity contribution in [2.75, 3.05) is 5.32 Å². The fourth-order valence-corrected chi connectivity index (χ4v) is 1.51. The Morgan fingerprint density at radius 1 is 1.19 bits per heavy atom. The number of rotatable bonds is 3. The minimum Gasteiger partial charge on any atom is -0.379 e. The second kappa shape index (κ2) is 4.94. The van der Waals surface area contributed by atoms with Crippen LogP contribution < -0.4 is 5.32 Å². The molecule has 0 spiro atoms. The molecule has 1 N–H and O–H groups in total. The molecule has 82 valence electrons. The highest BCUT2D eigenvalue weighted by molar-refractivity contribution is 6.31. The molecule has 2 aromatic rings. The molecule has 0 fully saturated rings. The Labute approximate surface area is 98.1 Å².